The number of primary amides is 1. The molecule has 17 heavy (non-hydrogen) atoms. The van der Waals surface area contributed by atoms with Crippen molar-refractivity contribution < 1.29 is 4.79 Å². The van der Waals surface area contributed by atoms with Gasteiger partial charge in [0.2, 0.25) is 5.91 Å². The van der Waals surface area contributed by atoms with Crippen LogP contribution in [0.15, 0.2) is 11.2 Å². The minimum Gasteiger partial charge on any atom is -0.368 e. The molecule has 0 saturated carbocycles. The van der Waals surface area contributed by atoms with E-state index >= 15 is 0 Å². The lowest BCUT2D eigenvalue weighted by atomic mass is 10.4. The lowest BCUT2D eigenvalue weighted by Gasteiger charge is -2.20. The Balaban J connectivity index is 3.04. The molecule has 0 atom stereocenters. The maximum absolute atomic E-state index is 10.9. The highest BCUT2D eigenvalue weighted by Gasteiger charge is 2.11. The Bertz CT molecular complexity index is 377. The zero-order chi connectivity index (χ0) is 12.8. The number of nitrogen functional groups attached to an aromatic ring is 1. The molecule has 0 radical (unpaired) electrons. The smallest absolute Gasteiger partial charge is 0.236 e. The number of nitrogens with one attached hydrogen (secondary N) is 1. The molecule has 8 heteroatoms. The fraction of sp³-hybridized carbons (Fsp3) is 0.444. The number of carbonyl (C=O) groups is 1. The molecule has 0 spiro atoms. The van der Waals surface area contributed by atoms with E-state index in [9.17, 15) is 4.79 Å². The van der Waals surface area contributed by atoms with Gasteiger partial charge in [0.25, 0.3) is 0 Å². The van der Waals surface area contributed by atoms with Crippen molar-refractivity contribution in [1.82, 2.24) is 9.97 Å². The summed E-state index contributed by atoms with van der Waals surface area (Å²) in [4.78, 5) is 21.1. The highest BCUT2D eigenvalue weighted by atomic mass is 32.2. The van der Waals surface area contributed by atoms with Crippen molar-refractivity contribution in [3.05, 3.63) is 6.07 Å². The predicted molar refractivity (Wildman–Crippen MR) is 68.7 cm³/mol. The Kier molecular flexibility index (Phi) is 4.98. The zero-order valence-corrected chi connectivity index (χ0v) is 10.6. The van der Waals surface area contributed by atoms with Crippen LogP contribution in [0.5, 0.6) is 0 Å². The third-order valence-corrected chi connectivity index (χ3v) is 2.62. The SMILES string of the molecule is CCN(CC(N)=O)c1cc(NN)nc(SC)n1. The molecule has 1 amide bonds. The van der Waals surface area contributed by atoms with Gasteiger partial charge in [-0.1, -0.05) is 11.8 Å². The molecule has 0 fully saturated rings. The number of aromatic nitrogens is 2. The molecule has 1 aromatic rings. The van der Waals surface area contributed by atoms with Crippen LogP contribution in [-0.2, 0) is 4.79 Å². The fourth-order valence-corrected chi connectivity index (χ4v) is 1.66. The van der Waals surface area contributed by atoms with Crippen molar-refractivity contribution in [3.63, 3.8) is 0 Å². The lowest BCUT2D eigenvalue weighted by Crippen LogP contribution is -2.34. The molecule has 5 N–H and O–H groups in total. The van der Waals surface area contributed by atoms with Gasteiger partial charge in [0, 0.05) is 12.6 Å². The molecule has 1 heterocycles. The Hall–Kier alpha value is -1.54. The number of thioether (sulfide) groups is 1. The van der Waals surface area contributed by atoms with E-state index in [2.05, 4.69) is 15.4 Å². The summed E-state index contributed by atoms with van der Waals surface area (Å²) >= 11 is 1.40. The number of hydrazine groups is 1. The van der Waals surface area contributed by atoms with Gasteiger partial charge in [-0.2, -0.15) is 0 Å². The second-order valence-corrected chi connectivity index (χ2v) is 4.00. The Labute approximate surface area is 104 Å². The summed E-state index contributed by atoms with van der Waals surface area (Å²) in [6.07, 6.45) is 1.86. The molecule has 0 unspecified atom stereocenters. The number of nitrogens with two attached hydrogens (primary N) is 2. The van der Waals surface area contributed by atoms with Gasteiger partial charge in [-0.15, -0.1) is 0 Å². The molecular formula is C9H16N6OS. The highest BCUT2D eigenvalue weighted by molar-refractivity contribution is 7.98. The first-order chi connectivity index (χ1) is 8.10. The fourth-order valence-electron chi connectivity index (χ4n) is 1.28. The van der Waals surface area contributed by atoms with Crippen LogP contribution < -0.4 is 21.9 Å². The summed E-state index contributed by atoms with van der Waals surface area (Å²) in [6, 6.07) is 1.67. The molecule has 1 rings (SSSR count). The second-order valence-electron chi connectivity index (χ2n) is 3.22. The molecule has 0 saturated heterocycles. The van der Waals surface area contributed by atoms with Gasteiger partial charge in [-0.05, 0) is 13.2 Å². The van der Waals surface area contributed by atoms with Crippen molar-refractivity contribution in [2.24, 2.45) is 11.6 Å². The number of likely N-dealkylation sites (N-methyl/N-ethyl adjacent to an activating group) is 1. The van der Waals surface area contributed by atoms with E-state index in [-0.39, 0.29) is 6.54 Å². The first-order valence-corrected chi connectivity index (χ1v) is 6.26. The lowest BCUT2D eigenvalue weighted by molar-refractivity contribution is -0.116. The standard InChI is InChI=1S/C9H16N6OS/c1-3-15(5-6(10)16)8-4-7(14-11)12-9(13-8)17-2/h4H,3,5,11H2,1-2H3,(H2,10,16)(H,12,13,14). The van der Waals surface area contributed by atoms with Crippen LogP contribution in [0.2, 0.25) is 0 Å². The number of anilines is 2. The minimum atomic E-state index is -0.404. The van der Waals surface area contributed by atoms with Crippen LogP contribution in [0, 0.1) is 0 Å². The average Bonchev–Trinajstić information content (AvgIpc) is 2.34. The third-order valence-electron chi connectivity index (χ3n) is 2.07. The molecule has 94 valence electrons. The van der Waals surface area contributed by atoms with Gasteiger partial charge >= 0.3 is 0 Å². The molecule has 0 bridgehead atoms. The summed E-state index contributed by atoms with van der Waals surface area (Å²) in [5, 5.41) is 0.582. The maximum Gasteiger partial charge on any atom is 0.236 e. The summed E-state index contributed by atoms with van der Waals surface area (Å²) in [7, 11) is 0. The van der Waals surface area contributed by atoms with Crippen LogP contribution >= 0.6 is 11.8 Å². The van der Waals surface area contributed by atoms with Crippen LogP contribution in [0.1, 0.15) is 6.92 Å². The van der Waals surface area contributed by atoms with Gasteiger partial charge in [0.1, 0.15) is 11.6 Å². The molecule has 0 aliphatic rings. The number of hydrogen-bond acceptors (Lipinski definition) is 7. The van der Waals surface area contributed by atoms with Crippen LogP contribution in [-0.4, -0.2) is 35.2 Å². The van der Waals surface area contributed by atoms with E-state index < -0.39 is 5.91 Å². The number of rotatable bonds is 6. The van der Waals surface area contributed by atoms with Gasteiger partial charge in [-0.25, -0.2) is 15.8 Å². The zero-order valence-electron chi connectivity index (χ0n) is 9.80. The van der Waals surface area contributed by atoms with Gasteiger partial charge < -0.3 is 16.1 Å². The largest absolute Gasteiger partial charge is 0.368 e. The molecular weight excluding hydrogens is 240 g/mol. The molecule has 0 aliphatic carbocycles. The van der Waals surface area contributed by atoms with Gasteiger partial charge in [-0.3, -0.25) is 4.79 Å². The number of carbonyl (C=O) groups excluding carboxylic acids is 1. The van der Waals surface area contributed by atoms with Gasteiger partial charge in [0.05, 0.1) is 6.54 Å². The maximum atomic E-state index is 10.9. The van der Waals surface area contributed by atoms with Crippen LogP contribution in [0.4, 0.5) is 11.6 Å². The highest BCUT2D eigenvalue weighted by Crippen LogP contribution is 2.19. The molecule has 0 aromatic carbocycles. The number of hydrogen-bond donors (Lipinski definition) is 3. The first kappa shape index (κ1) is 13.5. The van der Waals surface area contributed by atoms with Crippen molar-refractivity contribution in [2.75, 3.05) is 29.7 Å². The number of nitrogens with zero attached hydrogens (tertiary/aromatic N) is 3. The second kappa shape index (κ2) is 6.26. The van der Waals surface area contributed by atoms with E-state index in [0.717, 1.165) is 0 Å². The van der Waals surface area contributed by atoms with Crippen molar-refractivity contribution in [1.29, 1.82) is 0 Å². The van der Waals surface area contributed by atoms with Crippen molar-refractivity contribution in [3.8, 4) is 0 Å². The average molecular weight is 256 g/mol. The molecule has 1 aromatic heterocycles. The van der Waals surface area contributed by atoms with E-state index in [1.165, 1.54) is 11.8 Å². The summed E-state index contributed by atoms with van der Waals surface area (Å²) in [5.41, 5.74) is 7.64. The third kappa shape index (κ3) is 3.75. The first-order valence-electron chi connectivity index (χ1n) is 5.03. The summed E-state index contributed by atoms with van der Waals surface area (Å²) < 4.78 is 0. The van der Waals surface area contributed by atoms with Gasteiger partial charge in [0.15, 0.2) is 5.16 Å². The van der Waals surface area contributed by atoms with Crippen molar-refractivity contribution in [2.45, 2.75) is 12.1 Å². The monoisotopic (exact) mass is 256 g/mol. The number of amides is 1. The minimum absolute atomic E-state index is 0.116. The Morgan fingerprint density at radius 1 is 1.59 bits per heavy atom. The van der Waals surface area contributed by atoms with E-state index in [1.54, 1.807) is 11.0 Å². The van der Waals surface area contributed by atoms with Crippen LogP contribution in [0.3, 0.4) is 0 Å². The normalized spacial score (nSPS) is 10.1. The quantitative estimate of drug-likeness (QED) is 0.280. The Morgan fingerprint density at radius 2 is 2.29 bits per heavy atom. The van der Waals surface area contributed by atoms with E-state index in [0.29, 0.717) is 23.3 Å². The summed E-state index contributed by atoms with van der Waals surface area (Å²) in [6.45, 7) is 2.66. The molecule has 7 nitrogen and oxygen atoms in total. The van der Waals surface area contributed by atoms with E-state index in [1.807, 2.05) is 13.2 Å². The summed E-state index contributed by atoms with van der Waals surface area (Å²) in [5.74, 6) is 6.05. The predicted octanol–water partition coefficient (Wildman–Crippen LogP) is -0.204. The Morgan fingerprint density at radius 3 is 2.76 bits per heavy atom. The van der Waals surface area contributed by atoms with Crippen LogP contribution in [0.25, 0.3) is 0 Å². The van der Waals surface area contributed by atoms with Crippen molar-refractivity contribution >= 4 is 29.3 Å². The molecule has 0 aliphatic heterocycles. The topological polar surface area (TPSA) is 110 Å². The van der Waals surface area contributed by atoms with E-state index in [4.69, 9.17) is 11.6 Å².